The van der Waals surface area contributed by atoms with Crippen LogP contribution < -0.4 is 19.5 Å². The summed E-state index contributed by atoms with van der Waals surface area (Å²) in [6, 6.07) is 22.9. The molecule has 28 heavy (non-hydrogen) atoms. The summed E-state index contributed by atoms with van der Waals surface area (Å²) in [5.41, 5.74) is 2.50. The molecule has 0 unspecified atom stereocenters. The molecule has 0 aliphatic heterocycles. The van der Waals surface area contributed by atoms with Gasteiger partial charge in [-0.25, -0.2) is 0 Å². The first-order valence-corrected chi connectivity index (χ1v) is 8.96. The van der Waals surface area contributed by atoms with Gasteiger partial charge in [-0.15, -0.1) is 0 Å². The van der Waals surface area contributed by atoms with Gasteiger partial charge in [-0.2, -0.15) is 0 Å². The fraction of sp³-hybridized carbons (Fsp3) is 0.174. The number of carbonyl (C=O) groups is 1. The number of benzene rings is 3. The molecular weight excluding hydrogens is 354 g/mol. The van der Waals surface area contributed by atoms with Gasteiger partial charge in [0, 0.05) is 6.54 Å². The van der Waals surface area contributed by atoms with Crippen molar-refractivity contribution in [2.45, 2.75) is 13.2 Å². The van der Waals surface area contributed by atoms with Gasteiger partial charge in [0.05, 0.1) is 19.8 Å². The van der Waals surface area contributed by atoms with Crippen LogP contribution in [0.3, 0.4) is 0 Å². The van der Waals surface area contributed by atoms with Crippen molar-refractivity contribution in [2.24, 2.45) is 0 Å². The van der Waals surface area contributed by atoms with Crippen LogP contribution in [0.4, 0.5) is 0 Å². The average molecular weight is 377 g/mol. The van der Waals surface area contributed by atoms with Gasteiger partial charge < -0.3 is 19.5 Å². The van der Waals surface area contributed by atoms with Crippen LogP contribution in [0.2, 0.25) is 0 Å². The number of ether oxygens (including phenoxy) is 3. The summed E-state index contributed by atoms with van der Waals surface area (Å²) in [6.07, 6.45) is 0. The predicted octanol–water partition coefficient (Wildman–Crippen LogP) is 4.21. The van der Waals surface area contributed by atoms with E-state index in [1.165, 1.54) is 7.11 Å². The Hall–Kier alpha value is -3.47. The molecule has 5 nitrogen and oxygen atoms in total. The zero-order valence-corrected chi connectivity index (χ0v) is 16.0. The molecule has 0 fully saturated rings. The highest BCUT2D eigenvalue weighted by Gasteiger charge is 2.15. The van der Waals surface area contributed by atoms with E-state index >= 15 is 0 Å². The molecule has 0 heterocycles. The van der Waals surface area contributed by atoms with Crippen molar-refractivity contribution < 1.29 is 19.0 Å². The van der Waals surface area contributed by atoms with Crippen LogP contribution in [0, 0.1) is 0 Å². The maximum Gasteiger partial charge on any atom is 0.255 e. The lowest BCUT2D eigenvalue weighted by atomic mass is 10.1. The summed E-state index contributed by atoms with van der Waals surface area (Å²) in [5, 5.41) is 2.91. The van der Waals surface area contributed by atoms with E-state index in [9.17, 15) is 4.79 Å². The normalized spacial score (nSPS) is 10.2. The molecule has 0 atom stereocenters. The van der Waals surface area contributed by atoms with Crippen LogP contribution in [0.15, 0.2) is 72.8 Å². The lowest BCUT2D eigenvalue weighted by molar-refractivity contribution is 0.0947. The largest absolute Gasteiger partial charge is 0.493 e. The summed E-state index contributed by atoms with van der Waals surface area (Å²) < 4.78 is 16.3. The number of hydrogen-bond acceptors (Lipinski definition) is 4. The summed E-state index contributed by atoms with van der Waals surface area (Å²) >= 11 is 0. The van der Waals surface area contributed by atoms with Crippen molar-refractivity contribution in [1.82, 2.24) is 5.32 Å². The predicted molar refractivity (Wildman–Crippen MR) is 108 cm³/mol. The van der Waals surface area contributed by atoms with E-state index in [0.29, 0.717) is 30.2 Å². The average Bonchev–Trinajstić information content (AvgIpc) is 2.76. The first-order chi connectivity index (χ1) is 13.7. The minimum absolute atomic E-state index is 0.216. The van der Waals surface area contributed by atoms with E-state index in [2.05, 4.69) is 5.32 Å². The van der Waals surface area contributed by atoms with Gasteiger partial charge in [0.15, 0.2) is 11.5 Å². The second-order valence-corrected chi connectivity index (χ2v) is 6.14. The monoisotopic (exact) mass is 377 g/mol. The summed E-state index contributed by atoms with van der Waals surface area (Å²) in [5.74, 6) is 1.58. The lowest BCUT2D eigenvalue weighted by Gasteiger charge is -2.13. The second-order valence-electron chi connectivity index (χ2n) is 6.14. The maximum atomic E-state index is 12.5. The SMILES string of the molecule is COc1cccc(C(=O)NCc2ccc(COc3ccccc3)cc2)c1OC. The van der Waals surface area contributed by atoms with Crippen molar-refractivity contribution in [3.05, 3.63) is 89.5 Å². The van der Waals surface area contributed by atoms with Crippen LogP contribution in [0.5, 0.6) is 17.2 Å². The highest BCUT2D eigenvalue weighted by molar-refractivity contribution is 5.97. The number of amides is 1. The molecule has 0 aliphatic rings. The first-order valence-electron chi connectivity index (χ1n) is 8.96. The highest BCUT2D eigenvalue weighted by Crippen LogP contribution is 2.30. The zero-order chi connectivity index (χ0) is 19.8. The Bertz CT molecular complexity index is 908. The Morgan fingerprint density at radius 1 is 0.821 bits per heavy atom. The van der Waals surface area contributed by atoms with Crippen molar-refractivity contribution in [2.75, 3.05) is 14.2 Å². The molecule has 3 aromatic carbocycles. The highest BCUT2D eigenvalue weighted by atomic mass is 16.5. The lowest BCUT2D eigenvalue weighted by Crippen LogP contribution is -2.23. The van der Waals surface area contributed by atoms with Gasteiger partial charge in [-0.1, -0.05) is 48.5 Å². The number of para-hydroxylation sites is 2. The molecular formula is C23H23NO4. The zero-order valence-electron chi connectivity index (χ0n) is 16.0. The van der Waals surface area contributed by atoms with Crippen LogP contribution in [0.25, 0.3) is 0 Å². The quantitative estimate of drug-likeness (QED) is 0.639. The Labute approximate surface area is 164 Å². The van der Waals surface area contributed by atoms with E-state index in [1.54, 1.807) is 25.3 Å². The third-order valence-electron chi connectivity index (χ3n) is 4.27. The Morgan fingerprint density at radius 2 is 1.54 bits per heavy atom. The number of methoxy groups -OCH3 is 2. The van der Waals surface area contributed by atoms with Crippen molar-refractivity contribution in [3.63, 3.8) is 0 Å². The molecule has 5 heteroatoms. The minimum atomic E-state index is -0.216. The molecule has 0 spiro atoms. The van der Waals surface area contributed by atoms with E-state index in [0.717, 1.165) is 16.9 Å². The van der Waals surface area contributed by atoms with E-state index in [1.807, 2.05) is 54.6 Å². The van der Waals surface area contributed by atoms with Gasteiger partial charge in [0.25, 0.3) is 5.91 Å². The van der Waals surface area contributed by atoms with Crippen LogP contribution in [0.1, 0.15) is 21.5 Å². The van der Waals surface area contributed by atoms with Crippen LogP contribution >= 0.6 is 0 Å². The molecule has 0 aliphatic carbocycles. The summed E-state index contributed by atoms with van der Waals surface area (Å²) in [4.78, 5) is 12.5. The molecule has 1 amide bonds. The number of carbonyl (C=O) groups excluding carboxylic acids is 1. The van der Waals surface area contributed by atoms with Gasteiger partial charge >= 0.3 is 0 Å². The van der Waals surface area contributed by atoms with E-state index < -0.39 is 0 Å². The van der Waals surface area contributed by atoms with Crippen LogP contribution in [-0.2, 0) is 13.2 Å². The fourth-order valence-electron chi connectivity index (χ4n) is 2.78. The summed E-state index contributed by atoms with van der Waals surface area (Å²) in [6.45, 7) is 0.913. The molecule has 3 rings (SSSR count). The van der Waals surface area contributed by atoms with Crippen molar-refractivity contribution in [1.29, 1.82) is 0 Å². The molecule has 0 bridgehead atoms. The smallest absolute Gasteiger partial charge is 0.255 e. The number of nitrogens with one attached hydrogen (secondary N) is 1. The molecule has 0 aromatic heterocycles. The third kappa shape index (κ3) is 4.82. The molecule has 1 N–H and O–H groups in total. The Balaban J connectivity index is 1.57. The van der Waals surface area contributed by atoms with E-state index in [4.69, 9.17) is 14.2 Å². The van der Waals surface area contributed by atoms with Crippen molar-refractivity contribution in [3.8, 4) is 17.2 Å². The van der Waals surface area contributed by atoms with Gasteiger partial charge in [-0.3, -0.25) is 4.79 Å². The fourth-order valence-corrected chi connectivity index (χ4v) is 2.78. The molecule has 144 valence electrons. The first kappa shape index (κ1) is 19.3. The van der Waals surface area contributed by atoms with Crippen molar-refractivity contribution >= 4 is 5.91 Å². The maximum absolute atomic E-state index is 12.5. The summed E-state index contributed by atoms with van der Waals surface area (Å²) in [7, 11) is 3.06. The third-order valence-corrected chi connectivity index (χ3v) is 4.27. The molecule has 0 radical (unpaired) electrons. The van der Waals surface area contributed by atoms with Gasteiger partial charge in [-0.05, 0) is 35.4 Å². The second kappa shape index (κ2) is 9.46. The topological polar surface area (TPSA) is 56.8 Å². The number of hydrogen-bond donors (Lipinski definition) is 1. The van der Waals surface area contributed by atoms with Crippen LogP contribution in [-0.4, -0.2) is 20.1 Å². The van der Waals surface area contributed by atoms with E-state index in [-0.39, 0.29) is 5.91 Å². The number of rotatable bonds is 8. The Morgan fingerprint density at radius 3 is 2.21 bits per heavy atom. The minimum Gasteiger partial charge on any atom is -0.493 e. The van der Waals surface area contributed by atoms with Gasteiger partial charge in [0.1, 0.15) is 12.4 Å². The molecule has 0 saturated carbocycles. The standard InChI is InChI=1S/C23H23NO4/c1-26-21-10-6-9-20(22(21)27-2)23(25)24-15-17-11-13-18(14-12-17)16-28-19-7-4-3-5-8-19/h3-14H,15-16H2,1-2H3,(H,24,25). The van der Waals surface area contributed by atoms with Gasteiger partial charge in [0.2, 0.25) is 0 Å². The Kier molecular flexibility index (Phi) is 6.52. The molecule has 0 saturated heterocycles. The molecule has 3 aromatic rings.